The van der Waals surface area contributed by atoms with E-state index in [2.05, 4.69) is 52.3 Å². The second-order valence-electron chi connectivity index (χ2n) is 5.53. The van der Waals surface area contributed by atoms with Crippen LogP contribution in [0.15, 0.2) is 47.5 Å². The number of hydrogen-bond donors (Lipinski definition) is 0. The molecule has 4 rings (SSSR count). The average Bonchev–Trinajstić information content (AvgIpc) is 2.54. The van der Waals surface area contributed by atoms with Gasteiger partial charge >= 0.3 is 0 Å². The molecular weight excluding hydrogens is 246 g/mol. The van der Waals surface area contributed by atoms with E-state index in [1.54, 1.807) is 0 Å². The second-order valence-corrected chi connectivity index (χ2v) is 5.53. The lowest BCUT2D eigenvalue weighted by atomic mass is 10.1. The zero-order valence-corrected chi connectivity index (χ0v) is 11.6. The molecule has 0 amide bonds. The van der Waals surface area contributed by atoms with Gasteiger partial charge in [-0.1, -0.05) is 36.4 Å². The Morgan fingerprint density at radius 1 is 0.850 bits per heavy atom. The molecule has 0 saturated carbocycles. The van der Waals surface area contributed by atoms with Crippen molar-refractivity contribution < 1.29 is 0 Å². The summed E-state index contributed by atoms with van der Waals surface area (Å²) in [5.41, 5.74) is 1.30. The smallest absolute Gasteiger partial charge is 0.201 e. The van der Waals surface area contributed by atoms with Crippen LogP contribution in [0.25, 0.3) is 10.8 Å². The minimum Gasteiger partial charge on any atom is -0.342 e. The molecule has 1 saturated heterocycles. The highest BCUT2D eigenvalue weighted by Gasteiger charge is 2.27. The van der Waals surface area contributed by atoms with Gasteiger partial charge in [0.2, 0.25) is 5.96 Å². The van der Waals surface area contributed by atoms with Crippen LogP contribution in [-0.2, 0) is 0 Å². The largest absolute Gasteiger partial charge is 0.342 e. The van der Waals surface area contributed by atoms with Crippen molar-refractivity contribution in [3.8, 4) is 0 Å². The van der Waals surface area contributed by atoms with Gasteiger partial charge in [0.15, 0.2) is 0 Å². The summed E-state index contributed by atoms with van der Waals surface area (Å²) in [6.45, 7) is 4.34. The lowest BCUT2D eigenvalue weighted by molar-refractivity contribution is 0.360. The Labute approximate surface area is 119 Å². The van der Waals surface area contributed by atoms with E-state index < -0.39 is 0 Å². The highest BCUT2D eigenvalue weighted by molar-refractivity contribution is 6.05. The maximum absolute atomic E-state index is 4.78. The lowest BCUT2D eigenvalue weighted by Crippen LogP contribution is -2.52. The van der Waals surface area contributed by atoms with Gasteiger partial charge in [0.05, 0.1) is 5.69 Å². The fraction of sp³-hybridized carbons (Fsp3) is 0.353. The summed E-state index contributed by atoms with van der Waals surface area (Å²) in [5, 5.41) is 2.63. The van der Waals surface area contributed by atoms with Gasteiger partial charge < -0.3 is 9.80 Å². The molecule has 0 spiro atoms. The first kappa shape index (κ1) is 11.8. The summed E-state index contributed by atoms with van der Waals surface area (Å²) >= 11 is 0. The molecular formula is C17H19N3. The number of fused-ring (bicyclic) bond motifs is 2. The van der Waals surface area contributed by atoms with E-state index >= 15 is 0 Å². The zero-order chi connectivity index (χ0) is 13.4. The monoisotopic (exact) mass is 265 g/mol. The van der Waals surface area contributed by atoms with Crippen molar-refractivity contribution in [2.24, 2.45) is 4.99 Å². The van der Waals surface area contributed by atoms with Crippen molar-refractivity contribution in [2.75, 3.05) is 31.1 Å². The molecule has 102 valence electrons. The van der Waals surface area contributed by atoms with Crippen LogP contribution in [0.2, 0.25) is 0 Å². The molecule has 2 aliphatic rings. The van der Waals surface area contributed by atoms with Crippen LogP contribution in [0.4, 0.5) is 5.69 Å². The number of guanidine groups is 1. The minimum absolute atomic E-state index is 0.965. The van der Waals surface area contributed by atoms with Gasteiger partial charge in [-0.2, -0.15) is 0 Å². The molecule has 0 atom stereocenters. The Kier molecular flexibility index (Phi) is 2.84. The van der Waals surface area contributed by atoms with E-state index in [9.17, 15) is 0 Å². The predicted octanol–water partition coefficient (Wildman–Crippen LogP) is 3.11. The molecule has 0 N–H and O–H groups in total. The molecule has 0 aliphatic carbocycles. The van der Waals surface area contributed by atoms with Gasteiger partial charge in [-0.25, -0.2) is 0 Å². The normalized spacial score (nSPS) is 18.9. The van der Waals surface area contributed by atoms with Crippen LogP contribution in [0.5, 0.6) is 0 Å². The van der Waals surface area contributed by atoms with Gasteiger partial charge in [-0.15, -0.1) is 0 Å². The number of hydrogen-bond acceptors (Lipinski definition) is 3. The minimum atomic E-state index is 0.965. The third-order valence-electron chi connectivity index (χ3n) is 4.23. The van der Waals surface area contributed by atoms with E-state index in [4.69, 9.17) is 4.99 Å². The quantitative estimate of drug-likeness (QED) is 0.789. The van der Waals surface area contributed by atoms with E-state index in [1.165, 1.54) is 35.3 Å². The summed E-state index contributed by atoms with van der Waals surface area (Å²) in [7, 11) is 0. The van der Waals surface area contributed by atoms with Crippen molar-refractivity contribution >= 4 is 22.4 Å². The van der Waals surface area contributed by atoms with Crippen molar-refractivity contribution in [3.63, 3.8) is 0 Å². The van der Waals surface area contributed by atoms with Crippen LogP contribution >= 0.6 is 0 Å². The van der Waals surface area contributed by atoms with Crippen molar-refractivity contribution in [2.45, 2.75) is 12.8 Å². The summed E-state index contributed by atoms with van der Waals surface area (Å²) in [6.07, 6.45) is 2.40. The average molecular weight is 265 g/mol. The first-order chi connectivity index (χ1) is 9.93. The van der Waals surface area contributed by atoms with E-state index in [1.807, 2.05) is 0 Å². The number of nitrogens with zero attached hydrogens (tertiary/aromatic N) is 3. The molecule has 0 aromatic heterocycles. The van der Waals surface area contributed by atoms with Gasteiger partial charge in [0, 0.05) is 31.6 Å². The van der Waals surface area contributed by atoms with E-state index in [-0.39, 0.29) is 0 Å². The molecule has 0 unspecified atom stereocenters. The predicted molar refractivity (Wildman–Crippen MR) is 84.4 cm³/mol. The fourth-order valence-corrected chi connectivity index (χ4v) is 3.30. The maximum Gasteiger partial charge on any atom is 0.201 e. The molecule has 2 aromatic rings. The topological polar surface area (TPSA) is 18.8 Å². The van der Waals surface area contributed by atoms with E-state index in [0.717, 1.165) is 26.2 Å². The fourth-order valence-electron chi connectivity index (χ4n) is 3.30. The summed E-state index contributed by atoms with van der Waals surface area (Å²) in [4.78, 5) is 9.63. The van der Waals surface area contributed by atoms with Crippen molar-refractivity contribution in [1.29, 1.82) is 0 Å². The maximum atomic E-state index is 4.78. The standard InChI is InChI=1S/C17H19N3/c1-2-8-15-14(6-1)7-3-9-16(15)20-13-5-12-19-11-4-10-18-17(19)20/h1-3,6-9H,4-5,10-13H2. The Bertz CT molecular complexity index is 657. The van der Waals surface area contributed by atoms with Crippen molar-refractivity contribution in [1.82, 2.24) is 4.90 Å². The Balaban J connectivity index is 1.83. The molecule has 0 bridgehead atoms. The van der Waals surface area contributed by atoms with Gasteiger partial charge in [-0.3, -0.25) is 4.99 Å². The number of anilines is 1. The number of rotatable bonds is 1. The first-order valence-corrected chi connectivity index (χ1v) is 7.48. The van der Waals surface area contributed by atoms with Crippen LogP contribution in [0.1, 0.15) is 12.8 Å². The van der Waals surface area contributed by atoms with Crippen LogP contribution in [0.3, 0.4) is 0 Å². The second kappa shape index (κ2) is 4.82. The summed E-state index contributed by atoms with van der Waals surface area (Å²) < 4.78 is 0. The first-order valence-electron chi connectivity index (χ1n) is 7.48. The van der Waals surface area contributed by atoms with E-state index in [0.29, 0.717) is 0 Å². The summed E-state index contributed by atoms with van der Waals surface area (Å²) in [6, 6.07) is 15.2. The van der Waals surface area contributed by atoms with Crippen LogP contribution in [-0.4, -0.2) is 37.0 Å². The highest BCUT2D eigenvalue weighted by atomic mass is 15.4. The molecule has 2 aliphatic heterocycles. The zero-order valence-electron chi connectivity index (χ0n) is 11.6. The summed E-state index contributed by atoms with van der Waals surface area (Å²) in [5.74, 6) is 1.18. The van der Waals surface area contributed by atoms with Gasteiger partial charge in [0.25, 0.3) is 0 Å². The third-order valence-corrected chi connectivity index (χ3v) is 4.23. The molecule has 1 fully saturated rings. The van der Waals surface area contributed by atoms with Crippen LogP contribution < -0.4 is 4.90 Å². The lowest BCUT2D eigenvalue weighted by Gasteiger charge is -2.41. The third kappa shape index (κ3) is 1.85. The highest BCUT2D eigenvalue weighted by Crippen LogP contribution is 2.29. The Morgan fingerprint density at radius 3 is 2.70 bits per heavy atom. The molecule has 2 aromatic carbocycles. The number of benzene rings is 2. The number of aliphatic imine (C=N–C) groups is 1. The SMILES string of the molecule is c1ccc2c(N3CCCN4CCCN=C43)cccc2c1. The van der Waals surface area contributed by atoms with Gasteiger partial charge in [0.1, 0.15) is 0 Å². The molecule has 3 heteroatoms. The molecule has 0 radical (unpaired) electrons. The molecule has 20 heavy (non-hydrogen) atoms. The van der Waals surface area contributed by atoms with Crippen LogP contribution in [0, 0.1) is 0 Å². The van der Waals surface area contributed by atoms with Crippen molar-refractivity contribution in [3.05, 3.63) is 42.5 Å². The molecule has 2 heterocycles. The van der Waals surface area contributed by atoms with Gasteiger partial charge in [-0.05, 0) is 24.3 Å². The Hall–Kier alpha value is -2.03. The molecule has 3 nitrogen and oxygen atoms in total. The Morgan fingerprint density at radius 2 is 1.70 bits per heavy atom.